The molecule has 0 heterocycles. The fraction of sp³-hybridized carbons (Fsp3) is 0.167. The number of hydrogen-bond donors (Lipinski definition) is 3. The molecule has 0 saturated carbocycles. The maximum atomic E-state index is 12.4. The molecule has 1 atom stereocenters. The van der Waals surface area contributed by atoms with E-state index in [0.29, 0.717) is 5.69 Å². The fourth-order valence-corrected chi connectivity index (χ4v) is 1.92. The van der Waals surface area contributed by atoms with Crippen LogP contribution in [0.1, 0.15) is 17.3 Å². The van der Waals surface area contributed by atoms with E-state index < -0.39 is 24.0 Å². The molecule has 0 fully saturated rings. The minimum Gasteiger partial charge on any atom is -0.508 e. The number of phenolic OH excluding ortho intramolecular Hbond substituents is 1. The Morgan fingerprint density at radius 1 is 1.04 bits per heavy atom. The van der Waals surface area contributed by atoms with Crippen LogP contribution in [0.25, 0.3) is 0 Å². The molecule has 140 valence electrons. The molecule has 2 aromatic rings. The molecule has 0 aromatic heterocycles. The van der Waals surface area contributed by atoms with Gasteiger partial charge in [-0.05, 0) is 43.3 Å². The summed E-state index contributed by atoms with van der Waals surface area (Å²) in [6, 6.07) is 11.7. The quantitative estimate of drug-likeness (QED) is 0.550. The van der Waals surface area contributed by atoms with Crippen molar-refractivity contribution in [3.05, 3.63) is 54.1 Å². The largest absolute Gasteiger partial charge is 0.508 e. The van der Waals surface area contributed by atoms with Gasteiger partial charge in [0.25, 0.3) is 5.91 Å². The van der Waals surface area contributed by atoms with Gasteiger partial charge in [0.2, 0.25) is 0 Å². The second-order valence-electron chi connectivity index (χ2n) is 5.35. The van der Waals surface area contributed by atoms with Crippen molar-refractivity contribution in [3.63, 3.8) is 0 Å². The molecule has 0 unspecified atom stereocenters. The third-order valence-corrected chi connectivity index (χ3v) is 3.36. The Bertz CT molecular complexity index is 864. The molecule has 0 aliphatic heterocycles. The van der Waals surface area contributed by atoms with Crippen LogP contribution in [-0.4, -0.2) is 36.2 Å². The van der Waals surface area contributed by atoms with Crippen LogP contribution in [0.5, 0.6) is 5.75 Å². The van der Waals surface area contributed by atoms with Crippen molar-refractivity contribution in [2.24, 2.45) is 10.2 Å². The highest BCUT2D eigenvalue weighted by molar-refractivity contribution is 5.99. The number of benzene rings is 2. The second kappa shape index (κ2) is 9.09. The minimum atomic E-state index is -1.18. The van der Waals surface area contributed by atoms with Crippen LogP contribution in [-0.2, 0) is 9.53 Å². The first-order chi connectivity index (χ1) is 12.9. The van der Waals surface area contributed by atoms with Gasteiger partial charge in [-0.2, -0.15) is 5.11 Å². The van der Waals surface area contributed by atoms with Gasteiger partial charge in [0.05, 0.1) is 11.3 Å². The van der Waals surface area contributed by atoms with Crippen molar-refractivity contribution in [1.29, 1.82) is 0 Å². The number of esters is 1. The number of carbonyl (C=O) groups excluding carboxylic acids is 3. The third-order valence-electron chi connectivity index (χ3n) is 3.36. The Labute approximate surface area is 155 Å². The maximum Gasteiger partial charge on any atom is 0.341 e. The van der Waals surface area contributed by atoms with E-state index in [-0.39, 0.29) is 17.0 Å². The van der Waals surface area contributed by atoms with E-state index in [4.69, 9.17) is 4.74 Å². The van der Waals surface area contributed by atoms with Crippen molar-refractivity contribution in [2.45, 2.75) is 13.0 Å². The summed E-state index contributed by atoms with van der Waals surface area (Å²) in [6.07, 6.45) is -1.18. The number of amides is 3. The average molecular weight is 370 g/mol. The number of aromatic hydroxyl groups is 1. The van der Waals surface area contributed by atoms with Gasteiger partial charge in [-0.3, -0.25) is 10.1 Å². The van der Waals surface area contributed by atoms with E-state index in [1.807, 2.05) is 5.32 Å². The summed E-state index contributed by atoms with van der Waals surface area (Å²) in [6.45, 7) is 1.34. The Morgan fingerprint density at radius 3 is 2.37 bits per heavy atom. The van der Waals surface area contributed by atoms with Crippen LogP contribution in [0.15, 0.2) is 58.8 Å². The van der Waals surface area contributed by atoms with Crippen molar-refractivity contribution in [1.82, 2.24) is 10.6 Å². The van der Waals surface area contributed by atoms with Gasteiger partial charge >= 0.3 is 12.0 Å². The second-order valence-corrected chi connectivity index (χ2v) is 5.35. The molecule has 3 N–H and O–H groups in total. The number of hydrogen-bond acceptors (Lipinski definition) is 7. The molecule has 27 heavy (non-hydrogen) atoms. The maximum absolute atomic E-state index is 12.4. The van der Waals surface area contributed by atoms with Crippen molar-refractivity contribution in [2.75, 3.05) is 7.05 Å². The Balaban J connectivity index is 2.11. The number of azo groups is 1. The number of nitrogens with zero attached hydrogens (tertiary/aromatic N) is 2. The summed E-state index contributed by atoms with van der Waals surface area (Å²) >= 11 is 0. The normalized spacial score (nSPS) is 11.6. The van der Waals surface area contributed by atoms with Crippen molar-refractivity contribution < 1.29 is 24.2 Å². The molecule has 3 amide bonds. The predicted octanol–water partition coefficient (Wildman–Crippen LogP) is 2.81. The van der Waals surface area contributed by atoms with Crippen LogP contribution in [0, 0.1) is 0 Å². The highest BCUT2D eigenvalue weighted by atomic mass is 16.5. The van der Waals surface area contributed by atoms with Crippen LogP contribution in [0.2, 0.25) is 0 Å². The summed E-state index contributed by atoms with van der Waals surface area (Å²) in [7, 11) is 1.36. The Hall–Kier alpha value is -3.75. The molecule has 9 nitrogen and oxygen atoms in total. The van der Waals surface area contributed by atoms with Gasteiger partial charge < -0.3 is 15.2 Å². The molecular weight excluding hydrogens is 352 g/mol. The summed E-state index contributed by atoms with van der Waals surface area (Å²) in [5, 5.41) is 21.5. The van der Waals surface area contributed by atoms with E-state index in [9.17, 15) is 19.5 Å². The standard InChI is InChI=1S/C18H18N4O5/c1-11(16(24)20-18(26)19-2)27-17(25)14-5-3-4-6-15(14)22-21-12-7-9-13(23)10-8-12/h3-11,23H,1-2H3,(H2,19,20,24,26)/t11-/m0/s1. The summed E-state index contributed by atoms with van der Waals surface area (Å²) in [5.41, 5.74) is 0.836. The Kier molecular flexibility index (Phi) is 6.59. The zero-order valence-corrected chi connectivity index (χ0v) is 14.7. The summed E-state index contributed by atoms with van der Waals surface area (Å²) in [4.78, 5) is 35.3. The minimum absolute atomic E-state index is 0.0990. The van der Waals surface area contributed by atoms with E-state index in [1.54, 1.807) is 30.3 Å². The zero-order valence-electron chi connectivity index (χ0n) is 14.7. The smallest absolute Gasteiger partial charge is 0.341 e. The van der Waals surface area contributed by atoms with Gasteiger partial charge in [0, 0.05) is 7.05 Å². The first kappa shape index (κ1) is 19.6. The lowest BCUT2D eigenvalue weighted by Gasteiger charge is -2.13. The predicted molar refractivity (Wildman–Crippen MR) is 96.2 cm³/mol. The lowest BCUT2D eigenvalue weighted by atomic mass is 10.2. The topological polar surface area (TPSA) is 129 Å². The first-order valence-corrected chi connectivity index (χ1v) is 7.94. The SMILES string of the molecule is CNC(=O)NC(=O)[C@H](C)OC(=O)c1ccccc1N=Nc1ccc(O)cc1. The molecule has 0 radical (unpaired) electrons. The van der Waals surface area contributed by atoms with Crippen LogP contribution >= 0.6 is 0 Å². The van der Waals surface area contributed by atoms with E-state index >= 15 is 0 Å². The Morgan fingerprint density at radius 2 is 1.70 bits per heavy atom. The highest BCUT2D eigenvalue weighted by Crippen LogP contribution is 2.24. The highest BCUT2D eigenvalue weighted by Gasteiger charge is 2.22. The first-order valence-electron chi connectivity index (χ1n) is 7.94. The summed E-state index contributed by atoms with van der Waals surface area (Å²) < 4.78 is 5.09. The van der Waals surface area contributed by atoms with Crippen LogP contribution in [0.4, 0.5) is 16.2 Å². The van der Waals surface area contributed by atoms with Crippen LogP contribution < -0.4 is 10.6 Å². The monoisotopic (exact) mass is 370 g/mol. The lowest BCUT2D eigenvalue weighted by Crippen LogP contribution is -2.43. The van der Waals surface area contributed by atoms with Crippen molar-refractivity contribution >= 4 is 29.3 Å². The number of carbonyl (C=O) groups is 3. The van der Waals surface area contributed by atoms with Gasteiger partial charge in [0.1, 0.15) is 11.4 Å². The number of nitrogens with one attached hydrogen (secondary N) is 2. The number of imide groups is 1. The van der Waals surface area contributed by atoms with Crippen LogP contribution in [0.3, 0.4) is 0 Å². The molecular formula is C18H18N4O5. The molecule has 2 rings (SSSR count). The molecule has 9 heteroatoms. The number of urea groups is 1. The molecule has 0 aliphatic rings. The van der Waals surface area contributed by atoms with E-state index in [0.717, 1.165) is 0 Å². The number of ether oxygens (including phenoxy) is 1. The zero-order chi connectivity index (χ0) is 19.8. The number of phenols is 1. The molecule has 0 spiro atoms. The fourth-order valence-electron chi connectivity index (χ4n) is 1.92. The van der Waals surface area contributed by atoms with Gasteiger partial charge in [-0.25, -0.2) is 9.59 Å². The van der Waals surface area contributed by atoms with Gasteiger partial charge in [-0.15, -0.1) is 5.11 Å². The summed E-state index contributed by atoms with van der Waals surface area (Å²) in [5.74, 6) is -1.44. The number of rotatable bonds is 5. The molecule has 2 aromatic carbocycles. The van der Waals surface area contributed by atoms with Crippen molar-refractivity contribution in [3.8, 4) is 5.75 Å². The average Bonchev–Trinajstić information content (AvgIpc) is 2.67. The molecule has 0 aliphatic carbocycles. The molecule has 0 bridgehead atoms. The van der Waals surface area contributed by atoms with E-state index in [1.165, 1.54) is 32.2 Å². The lowest BCUT2D eigenvalue weighted by molar-refractivity contribution is -0.127. The van der Waals surface area contributed by atoms with Gasteiger partial charge in [-0.1, -0.05) is 12.1 Å². The third kappa shape index (κ3) is 5.63. The molecule has 0 saturated heterocycles. The van der Waals surface area contributed by atoms with Gasteiger partial charge in [0.15, 0.2) is 6.10 Å². The van der Waals surface area contributed by atoms with E-state index in [2.05, 4.69) is 15.5 Å².